The molecule has 0 radical (unpaired) electrons. The molecule has 0 unspecified atom stereocenters. The van der Waals surface area contributed by atoms with Gasteiger partial charge in [-0.15, -0.1) is 0 Å². The van der Waals surface area contributed by atoms with Gasteiger partial charge in [0.2, 0.25) is 0 Å². The molecule has 0 N–H and O–H groups in total. The van der Waals surface area contributed by atoms with Crippen molar-refractivity contribution in [3.05, 3.63) is 48.5 Å². The van der Waals surface area contributed by atoms with Gasteiger partial charge in [-0.05, 0) is 24.3 Å². The van der Waals surface area contributed by atoms with E-state index < -0.39 is 11.1 Å². The Bertz CT molecular complexity index is 1090. The van der Waals surface area contributed by atoms with E-state index in [9.17, 15) is 0 Å². The Kier molecular flexibility index (Phi) is 4.24. The summed E-state index contributed by atoms with van der Waals surface area (Å²) in [5.74, 6) is 0. The third-order valence-electron chi connectivity index (χ3n) is 3.86. The van der Waals surface area contributed by atoms with E-state index in [1.165, 1.54) is 0 Å². The number of rotatable bonds is 2. The van der Waals surface area contributed by atoms with Crippen molar-refractivity contribution in [2.24, 2.45) is 0 Å². The molecule has 0 amide bonds. The largest absolute Gasteiger partial charge is 0.704 e. The molecule has 1 aliphatic rings. The second kappa shape index (κ2) is 6.16. The predicted octanol–water partition coefficient (Wildman–Crippen LogP) is 5.78. The van der Waals surface area contributed by atoms with Crippen LogP contribution in [0.25, 0.3) is 20.4 Å². The van der Waals surface area contributed by atoms with Crippen LogP contribution in [0.1, 0.15) is 0 Å². The van der Waals surface area contributed by atoms with Crippen LogP contribution in [0.4, 0.5) is 10.3 Å². The normalized spacial score (nSPS) is 25.8. The lowest BCUT2D eigenvalue weighted by Gasteiger charge is -2.70. The summed E-state index contributed by atoms with van der Waals surface area (Å²) in [6.45, 7) is 0. The zero-order valence-corrected chi connectivity index (χ0v) is 19.4. The molecule has 0 aliphatic carbocycles. The van der Waals surface area contributed by atoms with Gasteiger partial charge in [0.25, 0.3) is 0 Å². The average Bonchev–Trinajstić information content (AvgIpc) is 3.15. The molecule has 2 aromatic carbocycles. The summed E-state index contributed by atoms with van der Waals surface area (Å²) in [7, 11) is 0. The van der Waals surface area contributed by atoms with E-state index in [1.807, 2.05) is 57.4 Å². The van der Waals surface area contributed by atoms with E-state index in [1.54, 1.807) is 22.7 Å². The van der Waals surface area contributed by atoms with Gasteiger partial charge in [-0.3, -0.25) is 8.88 Å². The molecule has 5 rings (SSSR count). The minimum Gasteiger partial charge on any atom is -0.704 e. The molecule has 0 atom stereocenters. The van der Waals surface area contributed by atoms with Crippen molar-refractivity contribution in [3.63, 3.8) is 0 Å². The zero-order valence-electron chi connectivity index (χ0n) is 12.8. The molecule has 0 bridgehead atoms. The number of nitrogens with zero attached hydrogens (tertiary/aromatic N) is 4. The van der Waals surface area contributed by atoms with Crippen LogP contribution in [-0.2, 0) is 48.1 Å². The number of hydrogen-bond acceptors (Lipinski definition) is 8. The van der Waals surface area contributed by atoms with Crippen molar-refractivity contribution in [3.8, 4) is 0 Å². The SMILES string of the molecule is S=P1([S-])N(c2nc3ccccc3s2)P(=S)([S-])N1c1nc2ccccc2s1. The summed E-state index contributed by atoms with van der Waals surface area (Å²) in [6, 6.07) is 15.9. The zero-order chi connectivity index (χ0) is 18.1. The van der Waals surface area contributed by atoms with Crippen molar-refractivity contribution in [2.75, 3.05) is 8.88 Å². The summed E-state index contributed by atoms with van der Waals surface area (Å²) in [5.41, 5.74) is -3.25. The minimum absolute atomic E-state index is 0.750. The number of hydrogen-bond donors (Lipinski definition) is 0. The highest BCUT2D eigenvalue weighted by Gasteiger charge is 2.44. The van der Waals surface area contributed by atoms with E-state index in [-0.39, 0.29) is 0 Å². The quantitative estimate of drug-likeness (QED) is 0.261. The smallest absolute Gasteiger partial charge is 0.194 e. The van der Waals surface area contributed by atoms with Crippen LogP contribution in [0.2, 0.25) is 0 Å². The minimum atomic E-state index is -2.54. The van der Waals surface area contributed by atoms with Gasteiger partial charge in [0.1, 0.15) is 0 Å². The van der Waals surface area contributed by atoms with Crippen molar-refractivity contribution in [1.29, 1.82) is 0 Å². The molecule has 2 aromatic heterocycles. The van der Waals surface area contributed by atoms with Crippen LogP contribution in [0.5, 0.6) is 0 Å². The summed E-state index contributed by atoms with van der Waals surface area (Å²) in [4.78, 5) is 9.37. The molecule has 26 heavy (non-hydrogen) atoms. The molecule has 0 spiro atoms. The monoisotopic (exact) mass is 486 g/mol. The van der Waals surface area contributed by atoms with Crippen molar-refractivity contribution < 1.29 is 0 Å². The van der Waals surface area contributed by atoms with Gasteiger partial charge in [0.05, 0.1) is 20.4 Å². The Labute approximate surface area is 178 Å². The van der Waals surface area contributed by atoms with E-state index in [0.717, 1.165) is 30.7 Å². The lowest BCUT2D eigenvalue weighted by atomic mass is 10.3. The first-order valence-corrected chi connectivity index (χ1v) is 16.4. The first kappa shape index (κ1) is 17.9. The van der Waals surface area contributed by atoms with Gasteiger partial charge in [-0.1, -0.05) is 70.6 Å². The molecule has 12 heteroatoms. The Morgan fingerprint density at radius 3 is 1.50 bits per heavy atom. The fourth-order valence-corrected chi connectivity index (χ4v) is 24.3. The summed E-state index contributed by atoms with van der Waals surface area (Å²) >= 11 is 26.5. The summed E-state index contributed by atoms with van der Waals surface area (Å²) in [5, 5.41) is 1.50. The molecule has 132 valence electrons. The van der Waals surface area contributed by atoms with E-state index in [0.29, 0.717) is 0 Å². The van der Waals surface area contributed by atoms with Crippen molar-refractivity contribution in [2.45, 2.75) is 0 Å². The number of anilines is 2. The Hall–Kier alpha value is -0.180. The van der Waals surface area contributed by atoms with Crippen LogP contribution < -0.4 is 8.88 Å². The molecular weight excluding hydrogens is 479 g/mol. The van der Waals surface area contributed by atoms with Gasteiger partial charge in [0.15, 0.2) is 10.3 Å². The third-order valence-corrected chi connectivity index (χ3v) is 19.1. The van der Waals surface area contributed by atoms with Crippen molar-refractivity contribution in [1.82, 2.24) is 9.97 Å². The van der Waals surface area contributed by atoms with Gasteiger partial charge < -0.3 is 24.5 Å². The van der Waals surface area contributed by atoms with Crippen LogP contribution >= 0.6 is 33.8 Å². The van der Waals surface area contributed by atoms with E-state index in [2.05, 4.69) is 9.97 Å². The fraction of sp³-hybridized carbons (Fsp3) is 0. The maximum atomic E-state index is 5.84. The number of aromatic nitrogens is 2. The number of para-hydroxylation sites is 2. The van der Waals surface area contributed by atoms with E-state index in [4.69, 9.17) is 48.1 Å². The van der Waals surface area contributed by atoms with Gasteiger partial charge in [-0.2, -0.15) is 0 Å². The third kappa shape index (κ3) is 2.54. The predicted molar refractivity (Wildman–Crippen MR) is 127 cm³/mol. The highest BCUT2D eigenvalue weighted by atomic mass is 32.9. The summed E-state index contributed by atoms with van der Waals surface area (Å²) in [6.07, 6.45) is 0. The molecule has 3 heterocycles. The maximum Gasteiger partial charge on any atom is 0.194 e. The second-order valence-electron chi connectivity index (χ2n) is 5.49. The fourth-order valence-electron chi connectivity index (χ4n) is 2.74. The number of fused-ring (bicyclic) bond motifs is 2. The number of benzene rings is 2. The van der Waals surface area contributed by atoms with Gasteiger partial charge >= 0.3 is 0 Å². The Morgan fingerprint density at radius 1 is 0.731 bits per heavy atom. The maximum absolute atomic E-state index is 5.84. The molecule has 4 nitrogen and oxygen atoms in total. The standard InChI is InChI=1S/C14H10N4P2S6/c21-19(22)17(13-15-9-5-1-3-7-11(9)25-13)20(23,24)18(19)14-16-10-6-2-4-8-12(10)26-14/h1-8H,(H,21,22)(H,23,24)/p-2. The second-order valence-corrected chi connectivity index (χ2v) is 19.2. The lowest BCUT2D eigenvalue weighted by Crippen LogP contribution is -2.40. The van der Waals surface area contributed by atoms with E-state index >= 15 is 0 Å². The Morgan fingerprint density at radius 2 is 1.12 bits per heavy atom. The number of thiazole rings is 2. The van der Waals surface area contributed by atoms with Crippen LogP contribution in [0, 0.1) is 0 Å². The molecule has 0 saturated carbocycles. The summed E-state index contributed by atoms with van der Waals surface area (Å²) < 4.78 is 5.95. The first-order chi connectivity index (χ1) is 12.4. The lowest BCUT2D eigenvalue weighted by molar-refractivity contribution is 1.36. The Balaban J connectivity index is 1.62. The average molecular weight is 487 g/mol. The molecule has 1 fully saturated rings. The topological polar surface area (TPSA) is 32.3 Å². The highest BCUT2D eigenvalue weighted by molar-refractivity contribution is 8.73. The molecule has 4 aromatic rings. The molecular formula is C14H8N4P2S6-2. The van der Waals surface area contributed by atoms with Crippen molar-refractivity contribution >= 4 is 113 Å². The molecule has 1 saturated heterocycles. The van der Waals surface area contributed by atoms with Gasteiger partial charge in [-0.25, -0.2) is 9.97 Å². The first-order valence-electron chi connectivity index (χ1n) is 7.34. The highest BCUT2D eigenvalue weighted by Crippen LogP contribution is 2.86. The van der Waals surface area contributed by atoms with Crippen LogP contribution in [0.15, 0.2) is 48.5 Å². The molecule has 1 aliphatic heterocycles. The van der Waals surface area contributed by atoms with Crippen LogP contribution in [0.3, 0.4) is 0 Å². The van der Waals surface area contributed by atoms with Crippen LogP contribution in [-0.4, -0.2) is 9.97 Å². The van der Waals surface area contributed by atoms with Gasteiger partial charge in [0, 0.05) is 11.1 Å².